The van der Waals surface area contributed by atoms with E-state index in [1.165, 1.54) is 0 Å². The number of hydrogen-bond acceptors (Lipinski definition) is 3. The second kappa shape index (κ2) is 6.91. The Balaban J connectivity index is 1.73. The minimum Gasteiger partial charge on any atom is -0.495 e. The molecule has 1 aliphatic rings. The lowest BCUT2D eigenvalue weighted by atomic mass is 10.1. The summed E-state index contributed by atoms with van der Waals surface area (Å²) in [5.41, 5.74) is 3.91. The van der Waals surface area contributed by atoms with Crippen LogP contribution in [-0.2, 0) is 11.3 Å². The van der Waals surface area contributed by atoms with Gasteiger partial charge in [-0.2, -0.15) is 0 Å². The van der Waals surface area contributed by atoms with E-state index < -0.39 is 0 Å². The van der Waals surface area contributed by atoms with Gasteiger partial charge in [0.1, 0.15) is 11.6 Å². The van der Waals surface area contributed by atoms with Crippen molar-refractivity contribution in [3.63, 3.8) is 0 Å². The van der Waals surface area contributed by atoms with E-state index in [2.05, 4.69) is 17.2 Å². The summed E-state index contributed by atoms with van der Waals surface area (Å²) in [6.45, 7) is 7.38. The van der Waals surface area contributed by atoms with E-state index in [4.69, 9.17) is 9.72 Å². The Kier molecular flexibility index (Phi) is 4.44. The molecule has 0 aliphatic carbocycles. The molecule has 1 atom stereocenters. The van der Waals surface area contributed by atoms with E-state index in [-0.39, 0.29) is 11.8 Å². The first-order valence-corrected chi connectivity index (χ1v) is 9.11. The lowest BCUT2D eigenvalue weighted by Crippen LogP contribution is -2.25. The summed E-state index contributed by atoms with van der Waals surface area (Å²) in [6, 6.07) is 15.7. The van der Waals surface area contributed by atoms with Crippen molar-refractivity contribution in [2.24, 2.45) is 0 Å². The SMILES string of the molecule is C=C(C)Cn1c([C@H]2CC(=O)N(c3ccccc3OC)C2)nc2ccccc21. The quantitative estimate of drug-likeness (QED) is 0.642. The van der Waals surface area contributed by atoms with Crippen molar-refractivity contribution in [1.82, 2.24) is 9.55 Å². The van der Waals surface area contributed by atoms with Gasteiger partial charge < -0.3 is 14.2 Å². The van der Waals surface area contributed by atoms with Crippen LogP contribution in [0, 0.1) is 0 Å². The highest BCUT2D eigenvalue weighted by molar-refractivity contribution is 5.97. The lowest BCUT2D eigenvalue weighted by molar-refractivity contribution is -0.117. The van der Waals surface area contributed by atoms with Gasteiger partial charge in [0.25, 0.3) is 0 Å². The highest BCUT2D eigenvalue weighted by Gasteiger charge is 2.35. The molecule has 1 aromatic heterocycles. The number of amides is 1. The smallest absolute Gasteiger partial charge is 0.227 e. The third-order valence-electron chi connectivity index (χ3n) is 4.98. The van der Waals surface area contributed by atoms with Crippen LogP contribution in [0.1, 0.15) is 25.1 Å². The number of ether oxygens (including phenoxy) is 1. The number of para-hydroxylation sites is 4. The Morgan fingerprint density at radius 1 is 1.22 bits per heavy atom. The number of nitrogens with zero attached hydrogens (tertiary/aromatic N) is 3. The molecule has 1 fully saturated rings. The molecule has 0 spiro atoms. The number of imidazole rings is 1. The summed E-state index contributed by atoms with van der Waals surface area (Å²) in [6.07, 6.45) is 0.442. The van der Waals surface area contributed by atoms with Crippen LogP contribution in [-0.4, -0.2) is 29.1 Å². The van der Waals surface area contributed by atoms with Gasteiger partial charge in [0.2, 0.25) is 5.91 Å². The van der Waals surface area contributed by atoms with Crippen LogP contribution in [0.2, 0.25) is 0 Å². The maximum Gasteiger partial charge on any atom is 0.227 e. The molecular weight excluding hydrogens is 338 g/mol. The van der Waals surface area contributed by atoms with Crippen LogP contribution in [0.4, 0.5) is 5.69 Å². The fourth-order valence-electron chi connectivity index (χ4n) is 3.81. The molecule has 1 saturated heterocycles. The molecule has 3 aromatic rings. The molecule has 5 nitrogen and oxygen atoms in total. The van der Waals surface area contributed by atoms with Gasteiger partial charge in [-0.1, -0.05) is 36.4 Å². The van der Waals surface area contributed by atoms with E-state index in [0.29, 0.717) is 25.3 Å². The van der Waals surface area contributed by atoms with E-state index in [1.807, 2.05) is 54.3 Å². The number of allylic oxidation sites excluding steroid dienone is 1. The van der Waals surface area contributed by atoms with E-state index in [9.17, 15) is 4.79 Å². The molecule has 1 amide bonds. The minimum atomic E-state index is 0.0363. The number of benzene rings is 2. The molecular formula is C22H23N3O2. The zero-order valence-electron chi connectivity index (χ0n) is 15.7. The predicted molar refractivity (Wildman–Crippen MR) is 107 cm³/mol. The van der Waals surface area contributed by atoms with Crippen LogP contribution >= 0.6 is 0 Å². The summed E-state index contributed by atoms with van der Waals surface area (Å²) in [7, 11) is 1.63. The third-order valence-corrected chi connectivity index (χ3v) is 4.98. The number of carbonyl (C=O) groups excluding carboxylic acids is 1. The monoisotopic (exact) mass is 361 g/mol. The summed E-state index contributed by atoms with van der Waals surface area (Å²) in [5, 5.41) is 0. The zero-order chi connectivity index (χ0) is 19.0. The average Bonchev–Trinajstić information content (AvgIpc) is 3.22. The van der Waals surface area contributed by atoms with E-state index in [1.54, 1.807) is 7.11 Å². The molecule has 0 bridgehead atoms. The predicted octanol–water partition coefficient (Wildman–Crippen LogP) is 4.14. The summed E-state index contributed by atoms with van der Waals surface area (Å²) in [5.74, 6) is 1.79. The molecule has 138 valence electrons. The number of anilines is 1. The van der Waals surface area contributed by atoms with E-state index in [0.717, 1.165) is 28.1 Å². The van der Waals surface area contributed by atoms with Crippen molar-refractivity contribution in [3.05, 3.63) is 66.5 Å². The average molecular weight is 361 g/mol. The van der Waals surface area contributed by atoms with Gasteiger partial charge in [-0.15, -0.1) is 0 Å². The Labute approximate surface area is 158 Å². The first-order valence-electron chi connectivity index (χ1n) is 9.11. The van der Waals surface area contributed by atoms with Crippen LogP contribution < -0.4 is 9.64 Å². The van der Waals surface area contributed by atoms with Crippen molar-refractivity contribution < 1.29 is 9.53 Å². The number of carbonyl (C=O) groups is 1. The van der Waals surface area contributed by atoms with Crippen molar-refractivity contribution in [1.29, 1.82) is 0 Å². The fourth-order valence-corrected chi connectivity index (χ4v) is 3.81. The van der Waals surface area contributed by atoms with Crippen molar-refractivity contribution in [3.8, 4) is 5.75 Å². The molecule has 0 N–H and O–H groups in total. The molecule has 1 aliphatic heterocycles. The Hall–Kier alpha value is -3.08. The van der Waals surface area contributed by atoms with Crippen LogP contribution in [0.3, 0.4) is 0 Å². The topological polar surface area (TPSA) is 47.4 Å². The normalized spacial score (nSPS) is 16.9. The minimum absolute atomic E-state index is 0.0363. The Morgan fingerprint density at radius 3 is 2.74 bits per heavy atom. The number of fused-ring (bicyclic) bond motifs is 1. The van der Waals surface area contributed by atoms with Crippen LogP contribution in [0.5, 0.6) is 5.75 Å². The molecule has 27 heavy (non-hydrogen) atoms. The molecule has 0 unspecified atom stereocenters. The maximum atomic E-state index is 12.8. The van der Waals surface area contributed by atoms with Crippen molar-refractivity contribution in [2.45, 2.75) is 25.8 Å². The largest absolute Gasteiger partial charge is 0.495 e. The highest BCUT2D eigenvalue weighted by atomic mass is 16.5. The van der Waals surface area contributed by atoms with Gasteiger partial charge in [0.15, 0.2) is 0 Å². The van der Waals surface area contributed by atoms with Gasteiger partial charge in [-0.3, -0.25) is 4.79 Å². The fraction of sp³-hybridized carbons (Fsp3) is 0.273. The molecule has 0 radical (unpaired) electrons. The maximum absolute atomic E-state index is 12.8. The van der Waals surface area contributed by atoms with Gasteiger partial charge in [0.05, 0.1) is 23.8 Å². The third kappa shape index (κ3) is 3.10. The van der Waals surface area contributed by atoms with Gasteiger partial charge in [0, 0.05) is 25.4 Å². The number of rotatable bonds is 5. The molecule has 0 saturated carbocycles. The highest BCUT2D eigenvalue weighted by Crippen LogP contribution is 2.37. The lowest BCUT2D eigenvalue weighted by Gasteiger charge is -2.19. The number of aromatic nitrogens is 2. The number of hydrogen-bond donors (Lipinski definition) is 0. The Bertz CT molecular complexity index is 1020. The van der Waals surface area contributed by atoms with E-state index >= 15 is 0 Å². The summed E-state index contributed by atoms with van der Waals surface area (Å²) in [4.78, 5) is 19.5. The molecule has 4 rings (SSSR count). The second-order valence-corrected chi connectivity index (χ2v) is 7.08. The van der Waals surface area contributed by atoms with Crippen molar-refractivity contribution >= 4 is 22.6 Å². The van der Waals surface area contributed by atoms with Crippen LogP contribution in [0.15, 0.2) is 60.7 Å². The zero-order valence-corrected chi connectivity index (χ0v) is 15.7. The van der Waals surface area contributed by atoms with Gasteiger partial charge >= 0.3 is 0 Å². The molecule has 5 heteroatoms. The summed E-state index contributed by atoms with van der Waals surface area (Å²) < 4.78 is 7.64. The molecule has 2 aromatic carbocycles. The van der Waals surface area contributed by atoms with Crippen molar-refractivity contribution in [2.75, 3.05) is 18.6 Å². The van der Waals surface area contributed by atoms with Gasteiger partial charge in [-0.25, -0.2) is 4.98 Å². The number of methoxy groups -OCH3 is 1. The summed E-state index contributed by atoms with van der Waals surface area (Å²) >= 11 is 0. The standard InChI is InChI=1S/C22H23N3O2/c1-15(2)13-25-18-9-5-4-8-17(18)23-22(25)16-12-21(26)24(14-16)19-10-6-7-11-20(19)27-3/h4-11,16H,1,12-14H2,2-3H3/t16-/m0/s1. The second-order valence-electron chi connectivity index (χ2n) is 7.08. The van der Waals surface area contributed by atoms with Gasteiger partial charge in [-0.05, 0) is 31.2 Å². The van der Waals surface area contributed by atoms with Crippen LogP contribution in [0.25, 0.3) is 11.0 Å². The first kappa shape index (κ1) is 17.3. The first-order chi connectivity index (χ1) is 13.1. The Morgan fingerprint density at radius 2 is 1.96 bits per heavy atom. The molecule has 2 heterocycles.